The zero-order valence-corrected chi connectivity index (χ0v) is 10.2. The number of nitrogens with one attached hydrogen (secondary N) is 4. The minimum absolute atomic E-state index is 0.161. The van der Waals surface area contributed by atoms with E-state index in [0.717, 1.165) is 0 Å². The molecule has 0 aromatic heterocycles. The third-order valence-electron chi connectivity index (χ3n) is 1.75. The van der Waals surface area contributed by atoms with Crippen LogP contribution in [0.4, 0.5) is 4.79 Å². The topological polar surface area (TPSA) is 126 Å². The first-order valence-corrected chi connectivity index (χ1v) is 5.05. The lowest BCUT2D eigenvalue weighted by Crippen LogP contribution is -2.44. The van der Waals surface area contributed by atoms with Crippen molar-refractivity contribution in [2.24, 2.45) is 0 Å². The van der Waals surface area contributed by atoms with E-state index in [1.165, 1.54) is 14.2 Å². The number of hydrogen-bond acceptors (Lipinski definition) is 5. The number of likely N-dealkylation sites (N-methyl/N-ethyl adjacent to an activating group) is 1. The molecule has 0 aromatic rings. The van der Waals surface area contributed by atoms with Crippen molar-refractivity contribution in [3.05, 3.63) is 0 Å². The molecule has 0 bridgehead atoms. The van der Waals surface area contributed by atoms with Gasteiger partial charge < -0.3 is 26.0 Å². The second-order valence-corrected chi connectivity index (χ2v) is 3.07. The lowest BCUT2D eigenvalue weighted by atomic mass is 10.5. The lowest BCUT2D eigenvalue weighted by Gasteiger charge is -2.06. The highest BCUT2D eigenvalue weighted by atomic mass is 16.5. The molecule has 9 nitrogen and oxygen atoms in total. The van der Waals surface area contributed by atoms with E-state index in [-0.39, 0.29) is 25.5 Å². The SMILES string of the molecule is CNC(=O)CNC(=O)CNC(=O)CNC(=O)OC. The van der Waals surface area contributed by atoms with Crippen LogP contribution in [0, 0.1) is 0 Å². The number of methoxy groups -OCH3 is 1. The number of carbonyl (C=O) groups is 4. The summed E-state index contributed by atoms with van der Waals surface area (Å²) < 4.78 is 4.25. The van der Waals surface area contributed by atoms with Crippen molar-refractivity contribution in [2.75, 3.05) is 33.8 Å². The van der Waals surface area contributed by atoms with Gasteiger partial charge in [0.15, 0.2) is 0 Å². The molecule has 4 amide bonds. The largest absolute Gasteiger partial charge is 0.453 e. The fourth-order valence-electron chi connectivity index (χ4n) is 0.796. The molecule has 4 N–H and O–H groups in total. The van der Waals surface area contributed by atoms with Crippen LogP contribution in [0.25, 0.3) is 0 Å². The molecule has 0 radical (unpaired) electrons. The summed E-state index contributed by atoms with van der Waals surface area (Å²) in [6.07, 6.45) is -0.741. The van der Waals surface area contributed by atoms with Crippen LogP contribution in [0.15, 0.2) is 0 Å². The van der Waals surface area contributed by atoms with E-state index in [9.17, 15) is 19.2 Å². The van der Waals surface area contributed by atoms with Crippen LogP contribution in [0.3, 0.4) is 0 Å². The molecule has 0 aromatic carbocycles. The fourth-order valence-corrected chi connectivity index (χ4v) is 0.796. The van der Waals surface area contributed by atoms with Gasteiger partial charge in [-0.3, -0.25) is 14.4 Å². The molecule has 0 aliphatic rings. The minimum Gasteiger partial charge on any atom is -0.453 e. The Balaban J connectivity index is 3.68. The summed E-state index contributed by atoms with van der Waals surface area (Å²) in [5.74, 6) is -1.40. The highest BCUT2D eigenvalue weighted by Gasteiger charge is 2.07. The Kier molecular flexibility index (Phi) is 7.66. The van der Waals surface area contributed by atoms with E-state index in [1.54, 1.807) is 0 Å². The van der Waals surface area contributed by atoms with Gasteiger partial charge in [0.2, 0.25) is 17.7 Å². The number of carbonyl (C=O) groups excluding carboxylic acids is 4. The van der Waals surface area contributed by atoms with Gasteiger partial charge in [-0.1, -0.05) is 0 Å². The van der Waals surface area contributed by atoms with Crippen LogP contribution in [0.5, 0.6) is 0 Å². The van der Waals surface area contributed by atoms with Gasteiger partial charge in [-0.05, 0) is 0 Å². The van der Waals surface area contributed by atoms with E-state index < -0.39 is 17.9 Å². The number of ether oxygens (including phenoxy) is 1. The van der Waals surface area contributed by atoms with Crippen LogP contribution >= 0.6 is 0 Å². The molecule has 0 aliphatic carbocycles. The van der Waals surface area contributed by atoms with Gasteiger partial charge in [0.05, 0.1) is 20.2 Å². The predicted molar refractivity (Wildman–Crippen MR) is 60.5 cm³/mol. The number of alkyl carbamates (subject to hydrolysis) is 1. The number of hydrogen-bond donors (Lipinski definition) is 4. The summed E-state index contributed by atoms with van der Waals surface area (Å²) >= 11 is 0. The second-order valence-electron chi connectivity index (χ2n) is 3.07. The zero-order valence-electron chi connectivity index (χ0n) is 10.2. The van der Waals surface area contributed by atoms with Crippen molar-refractivity contribution >= 4 is 23.8 Å². The molecule has 0 aliphatic heterocycles. The monoisotopic (exact) mass is 260 g/mol. The zero-order chi connectivity index (χ0) is 14.0. The van der Waals surface area contributed by atoms with Gasteiger partial charge in [0, 0.05) is 7.05 Å². The summed E-state index contributed by atoms with van der Waals surface area (Å²) in [7, 11) is 2.61. The van der Waals surface area contributed by atoms with Gasteiger partial charge in [0.1, 0.15) is 6.54 Å². The molecule has 0 saturated heterocycles. The Morgan fingerprint density at radius 1 is 0.833 bits per heavy atom. The van der Waals surface area contributed by atoms with Gasteiger partial charge in [-0.2, -0.15) is 0 Å². The first kappa shape index (κ1) is 15.7. The van der Waals surface area contributed by atoms with E-state index in [1.807, 2.05) is 0 Å². The maximum atomic E-state index is 11.1. The molecule has 0 fully saturated rings. The highest BCUT2D eigenvalue weighted by Crippen LogP contribution is 1.72. The van der Waals surface area contributed by atoms with Crippen molar-refractivity contribution in [1.82, 2.24) is 21.3 Å². The van der Waals surface area contributed by atoms with Gasteiger partial charge in [0.25, 0.3) is 0 Å². The van der Waals surface area contributed by atoms with Crippen LogP contribution in [0.1, 0.15) is 0 Å². The van der Waals surface area contributed by atoms with Gasteiger partial charge in [-0.25, -0.2) is 4.79 Å². The van der Waals surface area contributed by atoms with Crippen molar-refractivity contribution in [1.29, 1.82) is 0 Å². The molecule has 0 atom stereocenters. The minimum atomic E-state index is -0.741. The van der Waals surface area contributed by atoms with Gasteiger partial charge in [-0.15, -0.1) is 0 Å². The van der Waals surface area contributed by atoms with Crippen LogP contribution in [-0.2, 0) is 19.1 Å². The first-order chi connectivity index (χ1) is 8.49. The average Bonchev–Trinajstić information content (AvgIpc) is 2.39. The fraction of sp³-hybridized carbons (Fsp3) is 0.556. The molecule has 0 spiro atoms. The lowest BCUT2D eigenvalue weighted by molar-refractivity contribution is -0.127. The standard InChI is InChI=1S/C9H16N4O5/c1-10-6(14)3-11-7(15)4-12-8(16)5-13-9(17)18-2/h3-5H2,1-2H3,(H,10,14)(H,11,15)(H,12,16)(H,13,17). The Morgan fingerprint density at radius 2 is 1.28 bits per heavy atom. The third-order valence-corrected chi connectivity index (χ3v) is 1.75. The summed E-state index contributed by atoms with van der Waals surface area (Å²) in [6, 6.07) is 0. The predicted octanol–water partition coefficient (Wildman–Crippen LogP) is -2.68. The first-order valence-electron chi connectivity index (χ1n) is 5.05. The molecule has 0 heterocycles. The molecule has 0 rings (SSSR count). The highest BCUT2D eigenvalue weighted by molar-refractivity contribution is 5.89. The Morgan fingerprint density at radius 3 is 1.72 bits per heavy atom. The van der Waals surface area contributed by atoms with Crippen molar-refractivity contribution in [3.8, 4) is 0 Å². The quantitative estimate of drug-likeness (QED) is 0.414. The van der Waals surface area contributed by atoms with E-state index in [2.05, 4.69) is 26.0 Å². The van der Waals surface area contributed by atoms with E-state index in [0.29, 0.717) is 0 Å². The average molecular weight is 260 g/mol. The molecular formula is C9H16N4O5. The Hall–Kier alpha value is -2.32. The Bertz CT molecular complexity index is 299. The number of amides is 4. The molecule has 18 heavy (non-hydrogen) atoms. The van der Waals surface area contributed by atoms with Crippen molar-refractivity contribution < 1.29 is 23.9 Å². The summed E-state index contributed by atoms with van der Waals surface area (Å²) in [5, 5.41) is 9.01. The van der Waals surface area contributed by atoms with Crippen molar-refractivity contribution in [2.45, 2.75) is 0 Å². The second kappa shape index (κ2) is 8.79. The molecular weight excluding hydrogens is 244 g/mol. The summed E-state index contributed by atoms with van der Waals surface area (Å²) in [4.78, 5) is 43.7. The van der Waals surface area contributed by atoms with Crippen LogP contribution in [0.2, 0.25) is 0 Å². The smallest absolute Gasteiger partial charge is 0.407 e. The van der Waals surface area contributed by atoms with Crippen LogP contribution < -0.4 is 21.3 Å². The molecule has 0 unspecified atom stereocenters. The van der Waals surface area contributed by atoms with Crippen LogP contribution in [-0.4, -0.2) is 57.6 Å². The third kappa shape index (κ3) is 7.91. The van der Waals surface area contributed by atoms with Crippen molar-refractivity contribution in [3.63, 3.8) is 0 Å². The van der Waals surface area contributed by atoms with Gasteiger partial charge >= 0.3 is 6.09 Å². The number of rotatable bonds is 6. The molecule has 0 saturated carbocycles. The molecule has 102 valence electrons. The van der Waals surface area contributed by atoms with E-state index in [4.69, 9.17) is 0 Å². The molecule has 9 heteroatoms. The summed E-state index contributed by atoms with van der Waals surface area (Å²) in [6.45, 7) is -0.736. The Labute approximate surface area is 104 Å². The maximum absolute atomic E-state index is 11.1. The van der Waals surface area contributed by atoms with E-state index >= 15 is 0 Å². The normalized spacial score (nSPS) is 9.00. The summed E-state index contributed by atoms with van der Waals surface area (Å²) in [5.41, 5.74) is 0. The maximum Gasteiger partial charge on any atom is 0.407 e.